The molecule has 8 heteroatoms. The number of piperidine rings is 1. The molecule has 1 atom stereocenters. The maximum absolute atomic E-state index is 12.2. The van der Waals surface area contributed by atoms with Crippen LogP contribution in [0.15, 0.2) is 23.1 Å². The summed E-state index contributed by atoms with van der Waals surface area (Å²) in [6.07, 6.45) is 2.06. The Morgan fingerprint density at radius 3 is 2.77 bits per heavy atom. The molecule has 1 aliphatic heterocycles. The Kier molecular flexibility index (Phi) is 6.49. The largest absolute Gasteiger partial charge is 0.396 e. The molecule has 0 bridgehead atoms. The van der Waals surface area contributed by atoms with Gasteiger partial charge in [0.25, 0.3) is 0 Å². The summed E-state index contributed by atoms with van der Waals surface area (Å²) in [5, 5.41) is 9.74. The first-order valence-corrected chi connectivity index (χ1v) is 9.44. The van der Waals surface area contributed by atoms with Gasteiger partial charge < -0.3 is 10.0 Å². The van der Waals surface area contributed by atoms with Crippen molar-refractivity contribution in [1.82, 2.24) is 9.62 Å². The fraction of sp³-hybridized carbons (Fsp3) is 0.571. The molecule has 0 unspecified atom stereocenters. The Morgan fingerprint density at radius 1 is 1.32 bits per heavy atom. The monoisotopic (exact) mass is 366 g/mol. The zero-order valence-electron chi connectivity index (χ0n) is 12.1. The van der Waals surface area contributed by atoms with Gasteiger partial charge in [-0.2, -0.15) is 0 Å². The number of hydrogen-bond acceptors (Lipinski definition) is 4. The maximum atomic E-state index is 12.2. The Morgan fingerprint density at radius 2 is 2.09 bits per heavy atom. The SMILES string of the molecule is O=S(=O)(NCCN1CCC[C@H](CO)C1)c1ccc(Cl)c(Cl)c1. The molecule has 1 aromatic carbocycles. The van der Waals surface area contributed by atoms with Gasteiger partial charge >= 0.3 is 0 Å². The van der Waals surface area contributed by atoms with E-state index in [0.717, 1.165) is 25.9 Å². The van der Waals surface area contributed by atoms with Gasteiger partial charge in [0.1, 0.15) is 0 Å². The van der Waals surface area contributed by atoms with Crippen molar-refractivity contribution in [3.63, 3.8) is 0 Å². The van der Waals surface area contributed by atoms with Crippen LogP contribution in [0.3, 0.4) is 0 Å². The van der Waals surface area contributed by atoms with E-state index >= 15 is 0 Å². The van der Waals surface area contributed by atoms with Crippen LogP contribution in [-0.2, 0) is 10.0 Å². The Balaban J connectivity index is 1.88. The first-order valence-electron chi connectivity index (χ1n) is 7.20. The second-order valence-electron chi connectivity index (χ2n) is 5.47. The lowest BCUT2D eigenvalue weighted by molar-refractivity contribution is 0.122. The molecule has 2 N–H and O–H groups in total. The van der Waals surface area contributed by atoms with Gasteiger partial charge in [-0.1, -0.05) is 23.2 Å². The fourth-order valence-electron chi connectivity index (χ4n) is 2.57. The molecule has 2 rings (SSSR count). The zero-order valence-corrected chi connectivity index (χ0v) is 14.5. The van der Waals surface area contributed by atoms with E-state index in [1.165, 1.54) is 18.2 Å². The molecule has 1 aromatic rings. The molecular formula is C14H20Cl2N2O3S. The summed E-state index contributed by atoms with van der Waals surface area (Å²) in [6.45, 7) is 2.87. The number of aliphatic hydroxyl groups excluding tert-OH is 1. The van der Waals surface area contributed by atoms with E-state index in [1.54, 1.807) is 0 Å². The second kappa shape index (κ2) is 7.95. The molecule has 0 spiro atoms. The number of aliphatic hydroxyl groups is 1. The highest BCUT2D eigenvalue weighted by Crippen LogP contribution is 2.24. The van der Waals surface area contributed by atoms with Crippen LogP contribution in [0.1, 0.15) is 12.8 Å². The molecule has 5 nitrogen and oxygen atoms in total. The quantitative estimate of drug-likeness (QED) is 0.807. The molecule has 0 radical (unpaired) electrons. The van der Waals surface area contributed by atoms with Gasteiger partial charge in [0.2, 0.25) is 10.0 Å². The molecule has 1 saturated heterocycles. The minimum atomic E-state index is -3.59. The number of sulfonamides is 1. The van der Waals surface area contributed by atoms with E-state index < -0.39 is 10.0 Å². The Labute approximate surface area is 141 Å². The average Bonchev–Trinajstić information content (AvgIpc) is 2.50. The number of nitrogens with one attached hydrogen (secondary N) is 1. The third-order valence-corrected chi connectivity index (χ3v) is 5.98. The normalized spacial score (nSPS) is 20.2. The number of halogens is 2. The molecule has 0 saturated carbocycles. The fourth-order valence-corrected chi connectivity index (χ4v) is 3.98. The minimum absolute atomic E-state index is 0.105. The number of benzene rings is 1. The summed E-state index contributed by atoms with van der Waals surface area (Å²) in [4.78, 5) is 2.27. The van der Waals surface area contributed by atoms with Crippen molar-refractivity contribution in [1.29, 1.82) is 0 Å². The van der Waals surface area contributed by atoms with Gasteiger partial charge in [-0.05, 0) is 43.5 Å². The molecular weight excluding hydrogens is 347 g/mol. The summed E-state index contributed by atoms with van der Waals surface area (Å²) in [5.74, 6) is 0.292. The van der Waals surface area contributed by atoms with Crippen LogP contribution in [0.25, 0.3) is 0 Å². The Hall–Kier alpha value is -0.370. The maximum Gasteiger partial charge on any atom is 0.240 e. The molecule has 124 valence electrons. The van der Waals surface area contributed by atoms with E-state index in [9.17, 15) is 13.5 Å². The highest BCUT2D eigenvalue weighted by atomic mass is 35.5. The number of nitrogens with zero attached hydrogens (tertiary/aromatic N) is 1. The van der Waals surface area contributed by atoms with Crippen LogP contribution in [0.4, 0.5) is 0 Å². The van der Waals surface area contributed by atoms with Crippen molar-refractivity contribution in [3.8, 4) is 0 Å². The van der Waals surface area contributed by atoms with Crippen molar-refractivity contribution < 1.29 is 13.5 Å². The van der Waals surface area contributed by atoms with Crippen LogP contribution >= 0.6 is 23.2 Å². The van der Waals surface area contributed by atoms with Crippen LogP contribution < -0.4 is 4.72 Å². The summed E-state index contributed by atoms with van der Waals surface area (Å²) in [6, 6.07) is 4.24. The van der Waals surface area contributed by atoms with Crippen LogP contribution in [0, 0.1) is 5.92 Å². The molecule has 1 heterocycles. The second-order valence-corrected chi connectivity index (χ2v) is 8.05. The van der Waals surface area contributed by atoms with E-state index in [1.807, 2.05) is 0 Å². The summed E-state index contributed by atoms with van der Waals surface area (Å²) in [5.41, 5.74) is 0. The van der Waals surface area contributed by atoms with Crippen molar-refractivity contribution >= 4 is 33.2 Å². The molecule has 0 amide bonds. The Bertz CT molecular complexity index is 610. The van der Waals surface area contributed by atoms with Gasteiger partial charge in [-0.3, -0.25) is 0 Å². The number of hydrogen-bond donors (Lipinski definition) is 2. The number of rotatable bonds is 6. The highest BCUT2D eigenvalue weighted by Gasteiger charge is 2.20. The van der Waals surface area contributed by atoms with Crippen molar-refractivity contribution in [2.45, 2.75) is 17.7 Å². The lowest BCUT2D eigenvalue weighted by Gasteiger charge is -2.31. The standard InChI is InChI=1S/C14H20Cl2N2O3S/c15-13-4-3-12(8-14(13)16)22(20,21)17-5-7-18-6-1-2-11(9-18)10-19/h3-4,8,11,17,19H,1-2,5-7,9-10H2/t11-/m0/s1. The van der Waals surface area contributed by atoms with E-state index in [2.05, 4.69) is 9.62 Å². The van der Waals surface area contributed by atoms with Crippen LogP contribution in [-0.4, -0.2) is 51.2 Å². The smallest absolute Gasteiger partial charge is 0.240 e. The van der Waals surface area contributed by atoms with Gasteiger partial charge in [-0.25, -0.2) is 13.1 Å². The lowest BCUT2D eigenvalue weighted by atomic mass is 9.99. The molecule has 0 aromatic heterocycles. The van der Waals surface area contributed by atoms with Gasteiger partial charge in [0, 0.05) is 26.2 Å². The zero-order chi connectivity index (χ0) is 16.2. The highest BCUT2D eigenvalue weighted by molar-refractivity contribution is 7.89. The van der Waals surface area contributed by atoms with Crippen molar-refractivity contribution in [2.24, 2.45) is 5.92 Å². The minimum Gasteiger partial charge on any atom is -0.396 e. The van der Waals surface area contributed by atoms with Gasteiger partial charge in [-0.15, -0.1) is 0 Å². The van der Waals surface area contributed by atoms with Gasteiger partial charge in [0.05, 0.1) is 14.9 Å². The van der Waals surface area contributed by atoms with Gasteiger partial charge in [0.15, 0.2) is 0 Å². The summed E-state index contributed by atoms with van der Waals surface area (Å²) >= 11 is 11.6. The topological polar surface area (TPSA) is 69.6 Å². The van der Waals surface area contributed by atoms with E-state index in [0.29, 0.717) is 24.0 Å². The average molecular weight is 367 g/mol. The van der Waals surface area contributed by atoms with Crippen LogP contribution in [0.5, 0.6) is 0 Å². The summed E-state index contributed by atoms with van der Waals surface area (Å²) < 4.78 is 26.9. The van der Waals surface area contributed by atoms with Crippen molar-refractivity contribution in [2.75, 3.05) is 32.8 Å². The summed E-state index contributed by atoms with van der Waals surface area (Å²) in [7, 11) is -3.59. The first kappa shape index (κ1) is 18.0. The molecule has 0 aliphatic carbocycles. The van der Waals surface area contributed by atoms with Crippen molar-refractivity contribution in [3.05, 3.63) is 28.2 Å². The predicted molar refractivity (Wildman–Crippen MR) is 87.9 cm³/mol. The predicted octanol–water partition coefficient (Wildman–Crippen LogP) is 1.98. The third kappa shape index (κ3) is 4.81. The molecule has 22 heavy (non-hydrogen) atoms. The first-order chi connectivity index (χ1) is 10.4. The number of likely N-dealkylation sites (tertiary alicyclic amines) is 1. The third-order valence-electron chi connectivity index (χ3n) is 3.78. The lowest BCUT2D eigenvalue weighted by Crippen LogP contribution is -2.41. The van der Waals surface area contributed by atoms with E-state index in [4.69, 9.17) is 23.2 Å². The molecule has 1 aliphatic rings. The molecule has 1 fully saturated rings. The van der Waals surface area contributed by atoms with Crippen LogP contribution in [0.2, 0.25) is 10.0 Å². The van der Waals surface area contributed by atoms with E-state index in [-0.39, 0.29) is 16.5 Å².